The standard InChI is InChI=1S/C28H48O2/c1-17(2)18(3)7-8-19(4)22-9-10-23-26-24(12-14-28(22,23)6)27(5)13-11-21(29)15-20(27)16-25(26)30/h16-19,21-26,29-30H,7-15H2,1-6H3/t18-,19+,21-,22+,23?,24?,25+,26?,27-,28+/m0/s1. The SMILES string of the molecule is CC(C)[C@@H](C)CC[C@@H](C)[C@H]1CCC2C3C(CC[C@@]21C)[C@@]1(C)CC[C@H](O)CC1=C[C@H]3O. The van der Waals surface area contributed by atoms with Gasteiger partial charge in [0.25, 0.3) is 0 Å². The number of hydrogen-bond donors (Lipinski definition) is 2. The van der Waals surface area contributed by atoms with Gasteiger partial charge in [-0.25, -0.2) is 0 Å². The zero-order valence-electron chi connectivity index (χ0n) is 20.5. The van der Waals surface area contributed by atoms with E-state index in [1.807, 2.05) is 0 Å². The number of fused-ring (bicyclic) bond motifs is 5. The quantitative estimate of drug-likeness (QED) is 0.495. The highest BCUT2D eigenvalue weighted by Gasteiger charge is 2.61. The Bertz CT molecular complexity index is 653. The average molecular weight is 417 g/mol. The number of hydrogen-bond acceptors (Lipinski definition) is 2. The van der Waals surface area contributed by atoms with Crippen molar-refractivity contribution in [3.63, 3.8) is 0 Å². The fraction of sp³-hybridized carbons (Fsp3) is 0.929. The minimum Gasteiger partial charge on any atom is -0.393 e. The van der Waals surface area contributed by atoms with Gasteiger partial charge in [-0.05, 0) is 97.2 Å². The molecule has 4 rings (SSSR count). The molecule has 0 spiro atoms. The van der Waals surface area contributed by atoms with Crippen LogP contribution in [0.15, 0.2) is 11.6 Å². The molecule has 2 N–H and O–H groups in total. The minimum atomic E-state index is -0.303. The molecule has 0 aliphatic heterocycles. The van der Waals surface area contributed by atoms with Gasteiger partial charge in [-0.2, -0.15) is 0 Å². The number of rotatable bonds is 5. The smallest absolute Gasteiger partial charge is 0.0757 e. The summed E-state index contributed by atoms with van der Waals surface area (Å²) in [4.78, 5) is 0. The highest BCUT2D eigenvalue weighted by molar-refractivity contribution is 5.27. The lowest BCUT2D eigenvalue weighted by Gasteiger charge is -2.59. The Morgan fingerprint density at radius 3 is 2.37 bits per heavy atom. The molecular weight excluding hydrogens is 368 g/mol. The summed E-state index contributed by atoms with van der Waals surface area (Å²) in [6.07, 6.45) is 12.5. The van der Waals surface area contributed by atoms with Crippen molar-refractivity contribution in [2.75, 3.05) is 0 Å². The van der Waals surface area contributed by atoms with E-state index in [0.29, 0.717) is 23.2 Å². The molecule has 2 nitrogen and oxygen atoms in total. The molecule has 172 valence electrons. The van der Waals surface area contributed by atoms with Crippen LogP contribution < -0.4 is 0 Å². The second-order valence-electron chi connectivity index (χ2n) is 12.8. The van der Waals surface area contributed by atoms with Crippen LogP contribution in [-0.4, -0.2) is 22.4 Å². The van der Waals surface area contributed by atoms with E-state index in [9.17, 15) is 10.2 Å². The van der Waals surface area contributed by atoms with Crippen molar-refractivity contribution < 1.29 is 10.2 Å². The van der Waals surface area contributed by atoms with E-state index in [1.165, 1.54) is 44.1 Å². The first-order valence-electron chi connectivity index (χ1n) is 13.1. The lowest BCUT2D eigenvalue weighted by molar-refractivity contribution is -0.0971. The molecule has 0 radical (unpaired) electrons. The predicted molar refractivity (Wildman–Crippen MR) is 125 cm³/mol. The van der Waals surface area contributed by atoms with Gasteiger partial charge in [0, 0.05) is 0 Å². The lowest BCUT2D eigenvalue weighted by atomic mass is 9.46. The lowest BCUT2D eigenvalue weighted by Crippen LogP contribution is -2.54. The van der Waals surface area contributed by atoms with E-state index in [1.54, 1.807) is 0 Å². The summed E-state index contributed by atoms with van der Waals surface area (Å²) >= 11 is 0. The van der Waals surface area contributed by atoms with Crippen LogP contribution in [0.1, 0.15) is 99.3 Å². The topological polar surface area (TPSA) is 40.5 Å². The fourth-order valence-electron chi connectivity index (χ4n) is 8.67. The Labute approximate surface area is 185 Å². The summed E-state index contributed by atoms with van der Waals surface area (Å²) in [6, 6.07) is 0. The monoisotopic (exact) mass is 416 g/mol. The molecule has 0 aromatic rings. The Kier molecular flexibility index (Phi) is 6.26. The molecular formula is C28H48O2. The van der Waals surface area contributed by atoms with Crippen LogP contribution in [0.4, 0.5) is 0 Å². The van der Waals surface area contributed by atoms with Gasteiger partial charge in [0.2, 0.25) is 0 Å². The van der Waals surface area contributed by atoms with Crippen molar-refractivity contribution in [1.29, 1.82) is 0 Å². The molecule has 0 aromatic heterocycles. The van der Waals surface area contributed by atoms with Crippen LogP contribution in [0.25, 0.3) is 0 Å². The van der Waals surface area contributed by atoms with Gasteiger partial charge < -0.3 is 10.2 Å². The van der Waals surface area contributed by atoms with Gasteiger partial charge in [-0.15, -0.1) is 0 Å². The first-order valence-corrected chi connectivity index (χ1v) is 13.1. The van der Waals surface area contributed by atoms with Gasteiger partial charge in [-0.3, -0.25) is 0 Å². The first-order chi connectivity index (χ1) is 14.1. The summed E-state index contributed by atoms with van der Waals surface area (Å²) in [6.45, 7) is 14.7. The third-order valence-corrected chi connectivity index (χ3v) is 11.1. The molecule has 0 bridgehead atoms. The van der Waals surface area contributed by atoms with Gasteiger partial charge >= 0.3 is 0 Å². The van der Waals surface area contributed by atoms with Gasteiger partial charge in [0.15, 0.2) is 0 Å². The molecule has 3 unspecified atom stereocenters. The fourth-order valence-corrected chi connectivity index (χ4v) is 8.67. The largest absolute Gasteiger partial charge is 0.393 e. The zero-order chi connectivity index (χ0) is 21.8. The van der Waals surface area contributed by atoms with E-state index >= 15 is 0 Å². The predicted octanol–water partition coefficient (Wildman–Crippen LogP) is 6.61. The molecule has 3 fully saturated rings. The van der Waals surface area contributed by atoms with E-state index in [4.69, 9.17) is 0 Å². The third kappa shape index (κ3) is 3.62. The molecule has 10 atom stereocenters. The van der Waals surface area contributed by atoms with Crippen molar-refractivity contribution in [1.82, 2.24) is 0 Å². The normalized spacial score (nSPS) is 47.8. The van der Waals surface area contributed by atoms with Crippen LogP contribution in [0.2, 0.25) is 0 Å². The van der Waals surface area contributed by atoms with Crippen molar-refractivity contribution in [3.05, 3.63) is 11.6 Å². The van der Waals surface area contributed by atoms with Crippen LogP contribution in [0.5, 0.6) is 0 Å². The van der Waals surface area contributed by atoms with Crippen molar-refractivity contribution in [2.24, 2.45) is 52.3 Å². The van der Waals surface area contributed by atoms with Crippen LogP contribution >= 0.6 is 0 Å². The Hall–Kier alpha value is -0.340. The molecule has 2 heteroatoms. The molecule has 0 aromatic carbocycles. The summed E-state index contributed by atoms with van der Waals surface area (Å²) in [5.41, 5.74) is 1.98. The highest BCUT2D eigenvalue weighted by atomic mass is 16.3. The van der Waals surface area contributed by atoms with Crippen LogP contribution in [-0.2, 0) is 0 Å². The zero-order valence-corrected chi connectivity index (χ0v) is 20.5. The van der Waals surface area contributed by atoms with Crippen LogP contribution in [0, 0.1) is 52.3 Å². The summed E-state index contributed by atoms with van der Waals surface area (Å²) in [5, 5.41) is 21.5. The van der Waals surface area contributed by atoms with Gasteiger partial charge in [0.05, 0.1) is 12.2 Å². The minimum absolute atomic E-state index is 0.202. The van der Waals surface area contributed by atoms with E-state index < -0.39 is 0 Å². The molecule has 4 aliphatic rings. The molecule has 3 saturated carbocycles. The van der Waals surface area contributed by atoms with Gasteiger partial charge in [-0.1, -0.05) is 66.0 Å². The molecule has 0 heterocycles. The van der Waals surface area contributed by atoms with Crippen LogP contribution in [0.3, 0.4) is 0 Å². The van der Waals surface area contributed by atoms with E-state index in [2.05, 4.69) is 47.6 Å². The molecule has 30 heavy (non-hydrogen) atoms. The first kappa shape index (κ1) is 22.8. The van der Waals surface area contributed by atoms with Gasteiger partial charge in [0.1, 0.15) is 0 Å². The molecule has 0 amide bonds. The third-order valence-electron chi connectivity index (χ3n) is 11.1. The second kappa shape index (κ2) is 8.22. The van der Waals surface area contributed by atoms with Crippen molar-refractivity contribution in [2.45, 2.75) is 112 Å². The summed E-state index contributed by atoms with van der Waals surface area (Å²) in [7, 11) is 0. The summed E-state index contributed by atoms with van der Waals surface area (Å²) in [5.74, 6) is 4.92. The number of aliphatic hydroxyl groups excluding tert-OH is 2. The molecule has 4 aliphatic carbocycles. The second-order valence-corrected chi connectivity index (χ2v) is 12.8. The maximum absolute atomic E-state index is 11.3. The highest BCUT2D eigenvalue weighted by Crippen LogP contribution is 2.67. The Morgan fingerprint density at radius 1 is 0.933 bits per heavy atom. The molecule has 0 saturated heterocycles. The Balaban J connectivity index is 1.53. The Morgan fingerprint density at radius 2 is 1.67 bits per heavy atom. The maximum Gasteiger partial charge on any atom is 0.0757 e. The summed E-state index contributed by atoms with van der Waals surface area (Å²) < 4.78 is 0. The number of aliphatic hydroxyl groups is 2. The van der Waals surface area contributed by atoms with Crippen molar-refractivity contribution in [3.8, 4) is 0 Å². The maximum atomic E-state index is 11.3. The van der Waals surface area contributed by atoms with E-state index in [0.717, 1.165) is 42.9 Å². The average Bonchev–Trinajstić information content (AvgIpc) is 3.04. The van der Waals surface area contributed by atoms with Crippen molar-refractivity contribution >= 4 is 0 Å². The van der Waals surface area contributed by atoms with E-state index in [-0.39, 0.29) is 17.6 Å².